The van der Waals surface area contributed by atoms with Crippen molar-refractivity contribution < 1.29 is 4.74 Å². The molecule has 5 heteroatoms. The molecule has 0 spiro atoms. The molecule has 1 aromatic rings. The topological polar surface area (TPSA) is 38.2 Å². The number of nitrogens with zero attached hydrogens (tertiary/aromatic N) is 3. The van der Waals surface area contributed by atoms with Crippen LogP contribution in [0.3, 0.4) is 0 Å². The van der Waals surface area contributed by atoms with Crippen molar-refractivity contribution in [2.75, 3.05) is 24.7 Å². The van der Waals surface area contributed by atoms with Crippen LogP contribution in [0.5, 0.6) is 0 Å². The molecule has 88 valence electrons. The Balaban J connectivity index is 2.07. The number of hydrogen-bond acceptors (Lipinski definition) is 4. The molecule has 16 heavy (non-hydrogen) atoms. The van der Waals surface area contributed by atoms with Gasteiger partial charge in [-0.25, -0.2) is 9.97 Å². The van der Waals surface area contributed by atoms with E-state index in [1.165, 1.54) is 12.7 Å². The Hall–Kier alpha value is -0.870. The van der Waals surface area contributed by atoms with Crippen molar-refractivity contribution in [3.8, 4) is 0 Å². The van der Waals surface area contributed by atoms with Gasteiger partial charge in [-0.05, 0) is 19.8 Å². The molecule has 0 amide bonds. The molecular formula is C11H16ClN3O. The van der Waals surface area contributed by atoms with Gasteiger partial charge in [0.05, 0.1) is 12.6 Å². The normalized spacial score (nSPS) is 20.4. The first kappa shape index (κ1) is 11.6. The monoisotopic (exact) mass is 241 g/mol. The Bertz CT molecular complexity index is 348. The molecule has 0 radical (unpaired) electrons. The first-order chi connectivity index (χ1) is 7.81. The fourth-order valence-electron chi connectivity index (χ4n) is 2.05. The molecule has 1 aliphatic rings. The molecule has 1 atom stereocenters. The van der Waals surface area contributed by atoms with Gasteiger partial charge >= 0.3 is 0 Å². The van der Waals surface area contributed by atoms with Crippen LogP contribution in [0.25, 0.3) is 0 Å². The Morgan fingerprint density at radius 3 is 3.19 bits per heavy atom. The lowest BCUT2D eigenvalue weighted by Crippen LogP contribution is -2.33. The Kier molecular flexibility index (Phi) is 3.96. The van der Waals surface area contributed by atoms with E-state index in [2.05, 4.69) is 14.9 Å². The van der Waals surface area contributed by atoms with Crippen LogP contribution in [0.2, 0.25) is 5.15 Å². The van der Waals surface area contributed by atoms with Gasteiger partial charge in [0.25, 0.3) is 0 Å². The zero-order valence-corrected chi connectivity index (χ0v) is 10.2. The quantitative estimate of drug-likeness (QED) is 0.757. The average Bonchev–Trinajstić information content (AvgIpc) is 2.74. The maximum atomic E-state index is 5.87. The Morgan fingerprint density at radius 2 is 2.44 bits per heavy atom. The predicted octanol–water partition coefficient (Wildman–Crippen LogP) is 2.14. The minimum absolute atomic E-state index is 0.422. The minimum atomic E-state index is 0.422. The highest BCUT2D eigenvalue weighted by Crippen LogP contribution is 2.24. The molecule has 0 aliphatic carbocycles. The summed E-state index contributed by atoms with van der Waals surface area (Å²) in [4.78, 5) is 10.4. The summed E-state index contributed by atoms with van der Waals surface area (Å²) >= 11 is 5.87. The molecule has 1 saturated heterocycles. The molecule has 4 nitrogen and oxygen atoms in total. The summed E-state index contributed by atoms with van der Waals surface area (Å²) in [6.45, 7) is 4.55. The standard InChI is InChI=1S/C11H16ClN3O/c1-2-16-7-9-4-3-5-15(9)11-6-10(12)13-8-14-11/h6,8-9H,2-5,7H2,1H3/t9-/m0/s1. The molecule has 1 aliphatic heterocycles. The van der Waals surface area contributed by atoms with Crippen molar-refractivity contribution in [3.63, 3.8) is 0 Å². The summed E-state index contributed by atoms with van der Waals surface area (Å²) in [5, 5.41) is 0.493. The maximum absolute atomic E-state index is 5.87. The van der Waals surface area contributed by atoms with Gasteiger partial charge in [0.1, 0.15) is 17.3 Å². The fraction of sp³-hybridized carbons (Fsp3) is 0.636. The van der Waals surface area contributed by atoms with Crippen LogP contribution in [-0.2, 0) is 4.74 Å². The predicted molar refractivity (Wildman–Crippen MR) is 63.9 cm³/mol. The summed E-state index contributed by atoms with van der Waals surface area (Å²) < 4.78 is 5.48. The van der Waals surface area contributed by atoms with Gasteiger partial charge in [-0.15, -0.1) is 0 Å². The number of ether oxygens (including phenoxy) is 1. The zero-order chi connectivity index (χ0) is 11.4. The highest BCUT2D eigenvalue weighted by Gasteiger charge is 2.25. The first-order valence-electron chi connectivity index (χ1n) is 5.63. The second-order valence-corrected chi connectivity index (χ2v) is 4.24. The van der Waals surface area contributed by atoms with E-state index >= 15 is 0 Å². The van der Waals surface area contributed by atoms with E-state index in [1.807, 2.05) is 13.0 Å². The van der Waals surface area contributed by atoms with Gasteiger partial charge in [0.15, 0.2) is 0 Å². The van der Waals surface area contributed by atoms with Crippen molar-refractivity contribution in [2.24, 2.45) is 0 Å². The molecule has 1 fully saturated rings. The highest BCUT2D eigenvalue weighted by atomic mass is 35.5. The van der Waals surface area contributed by atoms with Crippen LogP contribution >= 0.6 is 11.6 Å². The van der Waals surface area contributed by atoms with E-state index in [4.69, 9.17) is 16.3 Å². The fourth-order valence-corrected chi connectivity index (χ4v) is 2.19. The molecule has 0 bridgehead atoms. The van der Waals surface area contributed by atoms with Crippen LogP contribution < -0.4 is 4.90 Å². The van der Waals surface area contributed by atoms with Crippen molar-refractivity contribution in [1.82, 2.24) is 9.97 Å². The molecule has 0 N–H and O–H groups in total. The van der Waals surface area contributed by atoms with Gasteiger partial charge in [0.2, 0.25) is 0 Å². The first-order valence-corrected chi connectivity index (χ1v) is 6.01. The molecule has 0 unspecified atom stereocenters. The summed E-state index contributed by atoms with van der Waals surface area (Å²) in [6.07, 6.45) is 3.84. The number of halogens is 1. The Labute approximate surface area is 101 Å². The van der Waals surface area contributed by atoms with Crippen LogP contribution in [0.15, 0.2) is 12.4 Å². The van der Waals surface area contributed by atoms with E-state index < -0.39 is 0 Å². The van der Waals surface area contributed by atoms with Crippen LogP contribution in [0.1, 0.15) is 19.8 Å². The van der Waals surface area contributed by atoms with Crippen molar-refractivity contribution >= 4 is 17.4 Å². The minimum Gasteiger partial charge on any atom is -0.380 e. The zero-order valence-electron chi connectivity index (χ0n) is 9.40. The second kappa shape index (κ2) is 5.46. The smallest absolute Gasteiger partial charge is 0.134 e. The van der Waals surface area contributed by atoms with Gasteiger partial charge in [-0.1, -0.05) is 11.6 Å². The number of anilines is 1. The van der Waals surface area contributed by atoms with Gasteiger partial charge < -0.3 is 9.64 Å². The average molecular weight is 242 g/mol. The van der Waals surface area contributed by atoms with E-state index in [1.54, 1.807) is 0 Å². The summed E-state index contributed by atoms with van der Waals surface area (Å²) in [6, 6.07) is 2.23. The summed E-state index contributed by atoms with van der Waals surface area (Å²) in [7, 11) is 0. The molecule has 0 saturated carbocycles. The lowest BCUT2D eigenvalue weighted by molar-refractivity contribution is 0.134. The van der Waals surface area contributed by atoms with E-state index in [9.17, 15) is 0 Å². The van der Waals surface area contributed by atoms with Crippen LogP contribution in [0, 0.1) is 0 Å². The van der Waals surface area contributed by atoms with Crippen molar-refractivity contribution in [3.05, 3.63) is 17.5 Å². The van der Waals surface area contributed by atoms with Crippen LogP contribution in [0.4, 0.5) is 5.82 Å². The third-order valence-electron chi connectivity index (χ3n) is 2.81. The Morgan fingerprint density at radius 1 is 1.56 bits per heavy atom. The van der Waals surface area contributed by atoms with Gasteiger partial charge in [-0.2, -0.15) is 0 Å². The summed E-state index contributed by atoms with van der Waals surface area (Å²) in [5.41, 5.74) is 0. The SMILES string of the molecule is CCOC[C@@H]1CCCN1c1cc(Cl)ncn1. The van der Waals surface area contributed by atoms with Crippen LogP contribution in [-0.4, -0.2) is 35.8 Å². The number of aromatic nitrogens is 2. The lowest BCUT2D eigenvalue weighted by atomic mass is 10.2. The maximum Gasteiger partial charge on any atom is 0.134 e. The highest BCUT2D eigenvalue weighted by molar-refractivity contribution is 6.29. The van der Waals surface area contributed by atoms with E-state index in [0.717, 1.165) is 32.0 Å². The molecule has 1 aromatic heterocycles. The molecule has 0 aromatic carbocycles. The number of hydrogen-bond donors (Lipinski definition) is 0. The van der Waals surface area contributed by atoms with Gasteiger partial charge in [0, 0.05) is 19.2 Å². The molecule has 2 heterocycles. The lowest BCUT2D eigenvalue weighted by Gasteiger charge is -2.25. The van der Waals surface area contributed by atoms with Gasteiger partial charge in [-0.3, -0.25) is 0 Å². The summed E-state index contributed by atoms with van der Waals surface area (Å²) in [5.74, 6) is 0.905. The largest absolute Gasteiger partial charge is 0.380 e. The van der Waals surface area contributed by atoms with Crippen molar-refractivity contribution in [1.29, 1.82) is 0 Å². The van der Waals surface area contributed by atoms with E-state index in [-0.39, 0.29) is 0 Å². The second-order valence-electron chi connectivity index (χ2n) is 3.85. The third-order valence-corrected chi connectivity index (χ3v) is 3.01. The third kappa shape index (κ3) is 2.62. The molecule has 2 rings (SSSR count). The van der Waals surface area contributed by atoms with Crippen molar-refractivity contribution in [2.45, 2.75) is 25.8 Å². The number of rotatable bonds is 4. The van der Waals surface area contributed by atoms with E-state index in [0.29, 0.717) is 11.2 Å². The molecular weight excluding hydrogens is 226 g/mol.